The molecule has 2 atom stereocenters. The standard InChI is InChI=1S/C68H77Cl2N9O4/c1-48-62(64-72-58(50-22-16-14-17-23-50)46-61(79(64)74-48)76-39-37-75(38-40-76)41-42-80)51-24-19-21-49(44-51)20-15-12-10-8-7-9-11-13-18-43-83-59-45-54(66(2,3)4)29-34-57(59)63-73-67(5,52-25-30-55(69)31-26-52)68(6,53-27-32-56(70)33-28-53)78(63)65(82)77-36-35-71-60(81)47-77/h14,16-17,19,21-34,44-46,80H,7-13,18,35-43,47H2,1-6H3,(H,71,81)/t67-,68+/m0/s1. The number of hydrogen-bond acceptors (Lipinski definition) is 9. The molecule has 10 rings (SSSR count). The highest BCUT2D eigenvalue weighted by Gasteiger charge is 2.60. The van der Waals surface area contributed by atoms with Crippen LogP contribution in [0.1, 0.15) is 119 Å². The predicted molar refractivity (Wildman–Crippen MR) is 335 cm³/mol. The van der Waals surface area contributed by atoms with Gasteiger partial charge in [-0.05, 0) is 110 Å². The number of aryl methyl sites for hydroxylation is 1. The molecule has 3 amide bonds. The number of piperazine rings is 2. The summed E-state index contributed by atoms with van der Waals surface area (Å²) < 4.78 is 8.82. The molecule has 0 radical (unpaired) electrons. The van der Waals surface area contributed by atoms with Gasteiger partial charge in [0.2, 0.25) is 5.91 Å². The number of halogens is 2. The van der Waals surface area contributed by atoms with E-state index in [1.165, 1.54) is 0 Å². The van der Waals surface area contributed by atoms with Gasteiger partial charge in [-0.3, -0.25) is 19.6 Å². The van der Waals surface area contributed by atoms with Crippen LogP contribution in [0.15, 0.2) is 132 Å². The molecule has 13 nitrogen and oxygen atoms in total. The van der Waals surface area contributed by atoms with Crippen molar-refractivity contribution in [1.82, 2.24) is 34.6 Å². The molecule has 2 aromatic heterocycles. The van der Waals surface area contributed by atoms with E-state index in [1.807, 2.05) is 72.1 Å². The number of β-amino-alcohol motifs (C(OH)–C–C–N with tert-alkyl or cyclic N) is 1. The summed E-state index contributed by atoms with van der Waals surface area (Å²) in [5.74, 6) is 8.86. The lowest BCUT2D eigenvalue weighted by molar-refractivity contribution is -0.123. The highest BCUT2D eigenvalue weighted by atomic mass is 35.5. The molecule has 83 heavy (non-hydrogen) atoms. The maximum atomic E-state index is 15.3. The van der Waals surface area contributed by atoms with Crippen molar-refractivity contribution in [1.29, 1.82) is 0 Å². The number of nitrogens with zero attached hydrogens (tertiary/aromatic N) is 8. The molecule has 3 aliphatic heterocycles. The number of urea groups is 1. The highest BCUT2D eigenvalue weighted by Crippen LogP contribution is 2.54. The molecule has 15 heteroatoms. The highest BCUT2D eigenvalue weighted by molar-refractivity contribution is 6.30. The Morgan fingerprint density at radius 2 is 1.45 bits per heavy atom. The van der Waals surface area contributed by atoms with Gasteiger partial charge in [0, 0.05) is 85.0 Å². The number of benzene rings is 5. The number of hydrogen-bond donors (Lipinski definition) is 2. The normalized spacial score (nSPS) is 18.5. The zero-order chi connectivity index (χ0) is 58.3. The Morgan fingerprint density at radius 3 is 2.13 bits per heavy atom. The molecular weight excluding hydrogens is 1080 g/mol. The van der Waals surface area contributed by atoms with E-state index in [2.05, 4.69) is 128 Å². The van der Waals surface area contributed by atoms with Gasteiger partial charge in [-0.15, -0.1) is 0 Å². The van der Waals surface area contributed by atoms with Crippen LogP contribution in [0.25, 0.3) is 28.0 Å². The van der Waals surface area contributed by atoms with Crippen LogP contribution in [0.4, 0.5) is 10.6 Å². The van der Waals surface area contributed by atoms with E-state index < -0.39 is 11.1 Å². The van der Waals surface area contributed by atoms with Gasteiger partial charge >= 0.3 is 6.03 Å². The second kappa shape index (κ2) is 25.7. The summed E-state index contributed by atoms with van der Waals surface area (Å²) in [7, 11) is 0. The van der Waals surface area contributed by atoms with E-state index >= 15 is 4.79 Å². The molecule has 0 saturated carbocycles. The maximum absolute atomic E-state index is 15.3. The van der Waals surface area contributed by atoms with Crippen molar-refractivity contribution in [2.75, 3.05) is 70.5 Å². The average Bonchev–Trinajstić information content (AvgIpc) is 1.85. The van der Waals surface area contributed by atoms with E-state index in [9.17, 15) is 9.90 Å². The molecule has 2 saturated heterocycles. The number of aliphatic imine (C=N–C) groups is 1. The molecule has 0 aliphatic carbocycles. The van der Waals surface area contributed by atoms with Crippen LogP contribution in [0.2, 0.25) is 10.0 Å². The number of anilines is 1. The molecule has 7 aromatic rings. The maximum Gasteiger partial charge on any atom is 0.327 e. The molecular formula is C68H77Cl2N9O4. The average molecular weight is 1160 g/mol. The summed E-state index contributed by atoms with van der Waals surface area (Å²) in [5, 5.41) is 18.7. The van der Waals surface area contributed by atoms with Gasteiger partial charge in [0.1, 0.15) is 35.0 Å². The van der Waals surface area contributed by atoms with Crippen molar-refractivity contribution < 1.29 is 19.4 Å². The quantitative estimate of drug-likeness (QED) is 0.0642. The van der Waals surface area contributed by atoms with Gasteiger partial charge < -0.3 is 25.0 Å². The molecule has 2 N–H and O–H groups in total. The molecule has 3 aliphatic rings. The number of amides is 3. The van der Waals surface area contributed by atoms with Crippen molar-refractivity contribution in [2.24, 2.45) is 4.99 Å². The number of aliphatic hydroxyl groups excluding tert-OH is 1. The van der Waals surface area contributed by atoms with Crippen molar-refractivity contribution in [3.8, 4) is 40.0 Å². The number of ether oxygens (including phenoxy) is 1. The minimum atomic E-state index is -1.10. The van der Waals surface area contributed by atoms with E-state index in [-0.39, 0.29) is 30.5 Å². The second-order valence-electron chi connectivity index (χ2n) is 23.5. The Kier molecular flexibility index (Phi) is 18.3. The topological polar surface area (TPSA) is 131 Å². The first kappa shape index (κ1) is 59.0. The summed E-state index contributed by atoms with van der Waals surface area (Å²) in [5.41, 5.74) is 7.96. The second-order valence-corrected chi connectivity index (χ2v) is 24.4. The first-order chi connectivity index (χ1) is 40.0. The van der Waals surface area contributed by atoms with E-state index in [0.717, 1.165) is 139 Å². The van der Waals surface area contributed by atoms with Gasteiger partial charge in [-0.1, -0.05) is 161 Å². The summed E-state index contributed by atoms with van der Waals surface area (Å²) in [6, 6.07) is 42.2. The lowest BCUT2D eigenvalue weighted by Crippen LogP contribution is -2.61. The van der Waals surface area contributed by atoms with Crippen molar-refractivity contribution >= 4 is 52.4 Å². The summed E-state index contributed by atoms with van der Waals surface area (Å²) in [6.07, 6.45) is 8.27. The van der Waals surface area contributed by atoms with Crippen molar-refractivity contribution in [3.63, 3.8) is 0 Å². The molecule has 432 valence electrons. The van der Waals surface area contributed by atoms with Crippen molar-refractivity contribution in [3.05, 3.63) is 171 Å². The minimum absolute atomic E-state index is 0.0664. The fourth-order valence-electron chi connectivity index (χ4n) is 11.9. The monoisotopic (exact) mass is 1150 g/mol. The van der Waals surface area contributed by atoms with Gasteiger partial charge in [-0.2, -0.15) is 9.61 Å². The van der Waals surface area contributed by atoms with Crippen LogP contribution >= 0.6 is 23.2 Å². The third-order valence-electron chi connectivity index (χ3n) is 16.9. The largest absolute Gasteiger partial charge is 0.493 e. The van der Waals surface area contributed by atoms with E-state index in [0.29, 0.717) is 53.4 Å². The fraction of sp³-hybridized carbons (Fsp3) is 0.397. The zero-order valence-electron chi connectivity index (χ0n) is 48.9. The van der Waals surface area contributed by atoms with Crippen LogP contribution in [0.5, 0.6) is 5.75 Å². The third kappa shape index (κ3) is 12.8. The molecule has 5 heterocycles. The summed E-state index contributed by atoms with van der Waals surface area (Å²) in [6.45, 7) is 18.2. The summed E-state index contributed by atoms with van der Waals surface area (Å²) >= 11 is 13.0. The number of amidine groups is 1. The minimum Gasteiger partial charge on any atom is -0.493 e. The number of carbonyl (C=O) groups is 2. The van der Waals surface area contributed by atoms with Gasteiger partial charge in [-0.25, -0.2) is 9.78 Å². The number of nitrogens with one attached hydrogen (secondary N) is 1. The molecule has 2 fully saturated rings. The Morgan fingerprint density at radius 1 is 0.771 bits per heavy atom. The third-order valence-corrected chi connectivity index (χ3v) is 17.4. The fourth-order valence-corrected chi connectivity index (χ4v) is 12.1. The van der Waals surface area contributed by atoms with Crippen molar-refractivity contribution in [2.45, 2.75) is 109 Å². The number of carbonyl (C=O) groups excluding carboxylic acids is 2. The first-order valence-electron chi connectivity index (χ1n) is 29.4. The molecule has 0 unspecified atom stereocenters. The Hall–Kier alpha value is -7.21. The van der Waals surface area contributed by atoms with E-state index in [4.69, 9.17) is 43.0 Å². The molecule has 0 bridgehead atoms. The zero-order valence-corrected chi connectivity index (χ0v) is 50.4. The van der Waals surface area contributed by atoms with Crippen LogP contribution in [-0.4, -0.2) is 118 Å². The number of aromatic nitrogens is 3. The lowest BCUT2D eigenvalue weighted by Gasteiger charge is -2.47. The van der Waals surface area contributed by atoms with Gasteiger partial charge in [0.05, 0.1) is 30.2 Å². The van der Waals surface area contributed by atoms with E-state index in [1.54, 1.807) is 9.80 Å². The lowest BCUT2D eigenvalue weighted by atomic mass is 9.71. The van der Waals surface area contributed by atoms with Gasteiger partial charge in [0.25, 0.3) is 0 Å². The smallest absolute Gasteiger partial charge is 0.327 e. The number of rotatable bonds is 18. The Balaban J connectivity index is 0.782. The molecule has 5 aromatic carbocycles. The SMILES string of the molecule is Cc1nn2c(N3CCN(CCO)CC3)cc(-c3ccccc3)nc2c1-c1cccc(C#CCCCCCCCCCOc2cc(C(C)(C)C)ccc2C2=N[C@@](C)(c3ccc(Cl)cc3)[C@@](C)(c3ccc(Cl)cc3)N2C(=O)N2CCNC(=O)C2)c1. The number of aliphatic hydroxyl groups is 1. The predicted octanol–water partition coefficient (Wildman–Crippen LogP) is 13.1. The van der Waals surface area contributed by atoms with Crippen LogP contribution in [0, 0.1) is 18.8 Å². The Labute approximate surface area is 499 Å². The number of unbranched alkanes of at least 4 members (excludes halogenated alkanes) is 7. The van der Waals surface area contributed by atoms with Crippen LogP contribution in [-0.2, 0) is 21.3 Å². The number of fused-ring (bicyclic) bond motifs is 1. The summed E-state index contributed by atoms with van der Waals surface area (Å²) in [4.78, 5) is 47.1. The Bertz CT molecular complexity index is 3530. The molecule has 0 spiro atoms. The van der Waals surface area contributed by atoms with Crippen LogP contribution < -0.4 is 15.0 Å². The first-order valence-corrected chi connectivity index (χ1v) is 30.2. The van der Waals surface area contributed by atoms with Gasteiger partial charge in [0.15, 0.2) is 5.65 Å². The van der Waals surface area contributed by atoms with Crippen LogP contribution in [0.3, 0.4) is 0 Å².